The maximum Gasteiger partial charge on any atom is 0.126 e. The van der Waals surface area contributed by atoms with Crippen molar-refractivity contribution in [3.05, 3.63) is 70.5 Å². The van der Waals surface area contributed by atoms with Gasteiger partial charge in [-0.05, 0) is 47.6 Å². The number of benzene rings is 2. The fraction of sp³-hybridized carbons (Fsp3) is 0.333. The number of halogens is 1. The van der Waals surface area contributed by atoms with Crippen LogP contribution in [0.2, 0.25) is 0 Å². The Kier molecular flexibility index (Phi) is 4.56. The molecule has 0 aromatic heterocycles. The van der Waals surface area contributed by atoms with E-state index in [0.29, 0.717) is 11.5 Å². The van der Waals surface area contributed by atoms with Crippen LogP contribution in [0.25, 0.3) is 0 Å². The molecule has 1 unspecified atom stereocenters. The summed E-state index contributed by atoms with van der Waals surface area (Å²) >= 11 is 0. The topological polar surface area (TPSA) is 20.2 Å². The average Bonchev–Trinajstić information content (AvgIpc) is 2.40. The highest BCUT2D eigenvalue weighted by atomic mass is 19.1. The quantitative estimate of drug-likeness (QED) is 0.873. The molecule has 2 rings (SSSR count). The van der Waals surface area contributed by atoms with Gasteiger partial charge in [-0.3, -0.25) is 0 Å². The van der Waals surface area contributed by atoms with Gasteiger partial charge in [-0.2, -0.15) is 0 Å². The number of aliphatic hydroxyl groups is 1. The van der Waals surface area contributed by atoms with Crippen molar-refractivity contribution in [2.24, 2.45) is 5.92 Å². The average molecular weight is 272 g/mol. The molecule has 0 radical (unpaired) electrons. The Morgan fingerprint density at radius 2 is 1.75 bits per heavy atom. The van der Waals surface area contributed by atoms with Crippen LogP contribution < -0.4 is 0 Å². The Morgan fingerprint density at radius 3 is 2.40 bits per heavy atom. The summed E-state index contributed by atoms with van der Waals surface area (Å²) in [7, 11) is 0. The third-order valence-corrected chi connectivity index (χ3v) is 3.41. The summed E-state index contributed by atoms with van der Waals surface area (Å²) in [5.74, 6) is 0.338. The number of aliphatic hydroxyl groups excluding tert-OH is 1. The first kappa shape index (κ1) is 14.7. The van der Waals surface area contributed by atoms with Gasteiger partial charge in [0.1, 0.15) is 11.9 Å². The highest BCUT2D eigenvalue weighted by Crippen LogP contribution is 2.25. The second-order valence-electron chi connectivity index (χ2n) is 5.75. The SMILES string of the molecule is Cc1cc(C(O)c2cccc(CC(C)C)c2)ccc1F. The summed E-state index contributed by atoms with van der Waals surface area (Å²) in [4.78, 5) is 0. The van der Waals surface area contributed by atoms with Gasteiger partial charge in [0.15, 0.2) is 0 Å². The van der Waals surface area contributed by atoms with Crippen LogP contribution in [0.1, 0.15) is 42.2 Å². The Balaban J connectivity index is 2.28. The van der Waals surface area contributed by atoms with E-state index in [9.17, 15) is 9.50 Å². The normalized spacial score (nSPS) is 12.7. The first-order valence-corrected chi connectivity index (χ1v) is 7.00. The monoisotopic (exact) mass is 272 g/mol. The lowest BCUT2D eigenvalue weighted by atomic mass is 9.95. The van der Waals surface area contributed by atoms with Gasteiger partial charge >= 0.3 is 0 Å². The van der Waals surface area contributed by atoms with E-state index in [2.05, 4.69) is 19.9 Å². The van der Waals surface area contributed by atoms with Crippen molar-refractivity contribution >= 4 is 0 Å². The van der Waals surface area contributed by atoms with E-state index in [1.165, 1.54) is 11.6 Å². The third kappa shape index (κ3) is 3.45. The molecule has 0 amide bonds. The molecular formula is C18H21FO. The molecule has 0 aliphatic heterocycles. The van der Waals surface area contributed by atoms with Crippen LogP contribution in [0.15, 0.2) is 42.5 Å². The summed E-state index contributed by atoms with van der Waals surface area (Å²) < 4.78 is 13.3. The summed E-state index contributed by atoms with van der Waals surface area (Å²) in [6, 6.07) is 12.7. The second kappa shape index (κ2) is 6.19. The van der Waals surface area contributed by atoms with E-state index >= 15 is 0 Å². The molecular weight excluding hydrogens is 251 g/mol. The third-order valence-electron chi connectivity index (χ3n) is 3.41. The molecule has 1 nitrogen and oxygen atoms in total. The summed E-state index contributed by atoms with van der Waals surface area (Å²) in [5.41, 5.74) is 3.36. The summed E-state index contributed by atoms with van der Waals surface area (Å²) in [6.07, 6.45) is 0.282. The molecule has 0 fully saturated rings. The van der Waals surface area contributed by atoms with Crippen LogP contribution in [0, 0.1) is 18.7 Å². The van der Waals surface area contributed by atoms with Crippen LogP contribution in [0.5, 0.6) is 0 Å². The van der Waals surface area contributed by atoms with Crippen molar-refractivity contribution in [1.29, 1.82) is 0 Å². The van der Waals surface area contributed by atoms with Crippen molar-refractivity contribution in [3.63, 3.8) is 0 Å². The first-order valence-electron chi connectivity index (χ1n) is 7.00. The maximum absolute atomic E-state index is 13.3. The zero-order chi connectivity index (χ0) is 14.7. The van der Waals surface area contributed by atoms with Gasteiger partial charge in [-0.15, -0.1) is 0 Å². The van der Waals surface area contributed by atoms with Crippen LogP contribution in [0.3, 0.4) is 0 Å². The Morgan fingerprint density at radius 1 is 1.05 bits per heavy atom. The minimum absolute atomic E-state index is 0.241. The minimum atomic E-state index is -0.707. The van der Waals surface area contributed by atoms with E-state index in [1.54, 1.807) is 19.1 Å². The predicted octanol–water partition coefficient (Wildman–Crippen LogP) is 4.41. The number of rotatable bonds is 4. The number of hydrogen-bond donors (Lipinski definition) is 1. The molecule has 0 spiro atoms. The van der Waals surface area contributed by atoms with Crippen molar-refractivity contribution in [3.8, 4) is 0 Å². The molecule has 0 saturated heterocycles. The highest BCUT2D eigenvalue weighted by Gasteiger charge is 2.12. The van der Waals surface area contributed by atoms with Gasteiger partial charge in [0, 0.05) is 0 Å². The van der Waals surface area contributed by atoms with E-state index in [0.717, 1.165) is 17.5 Å². The molecule has 2 heteroatoms. The Labute approximate surface area is 120 Å². The van der Waals surface area contributed by atoms with Crippen molar-refractivity contribution in [2.75, 3.05) is 0 Å². The van der Waals surface area contributed by atoms with Gasteiger partial charge in [0.2, 0.25) is 0 Å². The molecule has 2 aromatic carbocycles. The lowest BCUT2D eigenvalue weighted by Gasteiger charge is -2.14. The molecule has 2 aromatic rings. The number of aryl methyl sites for hydroxylation is 1. The van der Waals surface area contributed by atoms with Gasteiger partial charge < -0.3 is 5.11 Å². The first-order chi connectivity index (χ1) is 9.47. The van der Waals surface area contributed by atoms with E-state index < -0.39 is 6.10 Å². The van der Waals surface area contributed by atoms with Crippen molar-refractivity contribution in [1.82, 2.24) is 0 Å². The molecule has 0 bridgehead atoms. The van der Waals surface area contributed by atoms with Crippen LogP contribution in [-0.4, -0.2) is 5.11 Å². The minimum Gasteiger partial charge on any atom is -0.384 e. The summed E-state index contributed by atoms with van der Waals surface area (Å²) in [5, 5.41) is 10.4. The summed E-state index contributed by atoms with van der Waals surface area (Å²) in [6.45, 7) is 6.06. The molecule has 0 aliphatic carbocycles. The maximum atomic E-state index is 13.3. The molecule has 20 heavy (non-hydrogen) atoms. The zero-order valence-electron chi connectivity index (χ0n) is 12.2. The van der Waals surface area contributed by atoms with Gasteiger partial charge in [-0.25, -0.2) is 4.39 Å². The van der Waals surface area contributed by atoms with Crippen molar-refractivity contribution in [2.45, 2.75) is 33.3 Å². The van der Waals surface area contributed by atoms with E-state index in [-0.39, 0.29) is 5.82 Å². The lowest BCUT2D eigenvalue weighted by molar-refractivity contribution is 0.220. The smallest absolute Gasteiger partial charge is 0.126 e. The molecule has 0 aliphatic rings. The van der Waals surface area contributed by atoms with Crippen LogP contribution in [0.4, 0.5) is 4.39 Å². The highest BCUT2D eigenvalue weighted by molar-refractivity contribution is 5.34. The Hall–Kier alpha value is -1.67. The van der Waals surface area contributed by atoms with Crippen LogP contribution >= 0.6 is 0 Å². The molecule has 1 atom stereocenters. The predicted molar refractivity (Wildman–Crippen MR) is 80.2 cm³/mol. The zero-order valence-corrected chi connectivity index (χ0v) is 12.2. The standard InChI is InChI=1S/C18H21FO/c1-12(2)9-14-5-4-6-15(11-14)18(20)16-7-8-17(19)13(3)10-16/h4-8,10-12,18,20H,9H2,1-3H3. The number of hydrogen-bond acceptors (Lipinski definition) is 1. The van der Waals surface area contributed by atoms with Gasteiger partial charge in [0.25, 0.3) is 0 Å². The van der Waals surface area contributed by atoms with Gasteiger partial charge in [-0.1, -0.05) is 50.2 Å². The van der Waals surface area contributed by atoms with Crippen LogP contribution in [-0.2, 0) is 6.42 Å². The van der Waals surface area contributed by atoms with E-state index in [1.807, 2.05) is 18.2 Å². The Bertz CT molecular complexity index is 590. The van der Waals surface area contributed by atoms with Crippen molar-refractivity contribution < 1.29 is 9.50 Å². The fourth-order valence-corrected chi connectivity index (χ4v) is 2.39. The lowest BCUT2D eigenvalue weighted by Crippen LogP contribution is -2.02. The van der Waals surface area contributed by atoms with Gasteiger partial charge in [0.05, 0.1) is 0 Å². The molecule has 106 valence electrons. The second-order valence-corrected chi connectivity index (χ2v) is 5.75. The van der Waals surface area contributed by atoms with E-state index in [4.69, 9.17) is 0 Å². The molecule has 0 heterocycles. The molecule has 1 N–H and O–H groups in total. The fourth-order valence-electron chi connectivity index (χ4n) is 2.39. The molecule has 0 saturated carbocycles. The largest absolute Gasteiger partial charge is 0.384 e.